The molecule has 1 amide bonds. The second-order valence-electron chi connectivity index (χ2n) is 7.32. The molecule has 32 heavy (non-hydrogen) atoms. The maximum atomic E-state index is 12.6. The number of carbonyl (C=O) groups is 1. The number of carbonyl (C=O) groups excluding carboxylic acids is 1. The average Bonchev–Trinajstić information content (AvgIpc) is 3.22. The van der Waals surface area contributed by atoms with E-state index in [4.69, 9.17) is 21.4 Å². The number of anilines is 1. The van der Waals surface area contributed by atoms with Crippen LogP contribution in [0.2, 0.25) is 0 Å². The van der Waals surface area contributed by atoms with Gasteiger partial charge in [0.15, 0.2) is 10.7 Å². The van der Waals surface area contributed by atoms with Gasteiger partial charge in [-0.05, 0) is 73.1 Å². The third kappa shape index (κ3) is 4.48. The van der Waals surface area contributed by atoms with Crippen molar-refractivity contribution in [3.63, 3.8) is 0 Å². The Labute approximate surface area is 191 Å². The second-order valence-corrected chi connectivity index (χ2v) is 7.72. The molecular weight excluding hydrogens is 422 g/mol. The van der Waals surface area contributed by atoms with Gasteiger partial charge in [0.1, 0.15) is 11.3 Å². The van der Waals surface area contributed by atoms with Crippen LogP contribution in [0.1, 0.15) is 28.4 Å². The Kier molecular flexibility index (Phi) is 6.18. The van der Waals surface area contributed by atoms with Crippen LogP contribution in [0.5, 0.6) is 5.75 Å². The summed E-state index contributed by atoms with van der Waals surface area (Å²) in [4.78, 5) is 17.2. The van der Waals surface area contributed by atoms with E-state index < -0.39 is 0 Å². The van der Waals surface area contributed by atoms with Gasteiger partial charge in [0.2, 0.25) is 5.89 Å². The third-order valence-electron chi connectivity index (χ3n) is 5.14. The van der Waals surface area contributed by atoms with Gasteiger partial charge in [-0.25, -0.2) is 4.98 Å². The highest BCUT2D eigenvalue weighted by Crippen LogP contribution is 2.27. The minimum atomic E-state index is -0.344. The number of oxazole rings is 1. The number of ether oxygens (including phenoxy) is 1. The van der Waals surface area contributed by atoms with E-state index in [1.807, 2.05) is 43.3 Å². The lowest BCUT2D eigenvalue weighted by atomic mass is 10.1. The van der Waals surface area contributed by atoms with Crippen LogP contribution in [0.3, 0.4) is 0 Å². The first-order chi connectivity index (χ1) is 15.5. The van der Waals surface area contributed by atoms with Gasteiger partial charge in [0, 0.05) is 11.3 Å². The molecule has 4 aromatic rings. The number of methoxy groups -OCH3 is 1. The molecule has 6 nitrogen and oxygen atoms in total. The van der Waals surface area contributed by atoms with E-state index >= 15 is 0 Å². The van der Waals surface area contributed by atoms with Crippen molar-refractivity contribution in [2.45, 2.75) is 20.3 Å². The number of rotatable bonds is 5. The topological polar surface area (TPSA) is 76.4 Å². The van der Waals surface area contributed by atoms with E-state index in [9.17, 15) is 4.79 Å². The van der Waals surface area contributed by atoms with Gasteiger partial charge in [-0.3, -0.25) is 10.1 Å². The highest BCUT2D eigenvalue weighted by molar-refractivity contribution is 7.80. The SMILES string of the molecule is CCc1ccc(-c2nc3cc(NC(=S)NC(=O)c4cccc(C)c4OC)ccc3o2)cc1. The molecule has 0 bridgehead atoms. The van der Waals surface area contributed by atoms with Crippen molar-refractivity contribution >= 4 is 40.0 Å². The normalized spacial score (nSPS) is 10.7. The summed E-state index contributed by atoms with van der Waals surface area (Å²) in [5.41, 5.74) is 5.53. The van der Waals surface area contributed by atoms with Crippen LogP contribution < -0.4 is 15.4 Å². The number of fused-ring (bicyclic) bond motifs is 1. The number of nitrogens with zero attached hydrogens (tertiary/aromatic N) is 1. The zero-order chi connectivity index (χ0) is 22.7. The fourth-order valence-electron chi connectivity index (χ4n) is 3.45. The van der Waals surface area contributed by atoms with E-state index in [1.165, 1.54) is 12.7 Å². The highest BCUT2D eigenvalue weighted by atomic mass is 32.1. The third-order valence-corrected chi connectivity index (χ3v) is 5.35. The van der Waals surface area contributed by atoms with Crippen molar-refractivity contribution < 1.29 is 13.9 Å². The van der Waals surface area contributed by atoms with Gasteiger partial charge < -0.3 is 14.5 Å². The van der Waals surface area contributed by atoms with Gasteiger partial charge in [0.25, 0.3) is 5.91 Å². The van der Waals surface area contributed by atoms with Gasteiger partial charge in [-0.1, -0.05) is 31.2 Å². The van der Waals surface area contributed by atoms with Gasteiger partial charge in [-0.2, -0.15) is 0 Å². The first-order valence-electron chi connectivity index (χ1n) is 10.2. The van der Waals surface area contributed by atoms with E-state index in [1.54, 1.807) is 12.1 Å². The van der Waals surface area contributed by atoms with E-state index in [-0.39, 0.29) is 11.0 Å². The smallest absolute Gasteiger partial charge is 0.261 e. The summed E-state index contributed by atoms with van der Waals surface area (Å²) in [6.45, 7) is 4.00. The average molecular weight is 446 g/mol. The Balaban J connectivity index is 1.48. The van der Waals surface area contributed by atoms with Crippen LogP contribution in [0.25, 0.3) is 22.6 Å². The number of hydrogen-bond donors (Lipinski definition) is 2. The summed E-state index contributed by atoms with van der Waals surface area (Å²) < 4.78 is 11.2. The molecule has 0 unspecified atom stereocenters. The van der Waals surface area contributed by atoms with Crippen LogP contribution in [-0.4, -0.2) is 23.1 Å². The molecule has 162 valence electrons. The molecule has 0 atom stereocenters. The summed E-state index contributed by atoms with van der Waals surface area (Å²) in [6.07, 6.45) is 0.982. The van der Waals surface area contributed by atoms with E-state index in [0.717, 1.165) is 17.5 Å². The van der Waals surface area contributed by atoms with E-state index in [0.29, 0.717) is 34.0 Å². The summed E-state index contributed by atoms with van der Waals surface area (Å²) in [5, 5.41) is 5.90. The Morgan fingerprint density at radius 2 is 1.91 bits per heavy atom. The first-order valence-corrected chi connectivity index (χ1v) is 10.6. The Hall–Kier alpha value is -3.71. The largest absolute Gasteiger partial charge is 0.496 e. The predicted molar refractivity (Wildman–Crippen MR) is 130 cm³/mol. The molecule has 0 aliphatic carbocycles. The molecule has 2 N–H and O–H groups in total. The molecule has 0 aliphatic rings. The minimum absolute atomic E-state index is 0.178. The molecule has 1 heterocycles. The lowest BCUT2D eigenvalue weighted by Gasteiger charge is -2.13. The van der Waals surface area contributed by atoms with Gasteiger partial charge in [0.05, 0.1) is 12.7 Å². The van der Waals surface area contributed by atoms with Crippen LogP contribution >= 0.6 is 12.2 Å². The quantitative estimate of drug-likeness (QED) is 0.395. The Morgan fingerprint density at radius 1 is 1.12 bits per heavy atom. The molecule has 1 aromatic heterocycles. The van der Waals surface area contributed by atoms with Crippen molar-refractivity contribution in [1.82, 2.24) is 10.3 Å². The minimum Gasteiger partial charge on any atom is -0.496 e. The maximum Gasteiger partial charge on any atom is 0.261 e. The molecule has 0 saturated carbocycles. The van der Waals surface area contributed by atoms with Crippen LogP contribution in [0.4, 0.5) is 5.69 Å². The zero-order valence-corrected chi connectivity index (χ0v) is 18.9. The highest BCUT2D eigenvalue weighted by Gasteiger charge is 2.15. The number of nitrogens with one attached hydrogen (secondary N) is 2. The molecule has 0 radical (unpaired) electrons. The van der Waals surface area contributed by atoms with Crippen molar-refractivity contribution in [3.8, 4) is 17.2 Å². The number of benzene rings is 3. The number of thiocarbonyl (C=S) groups is 1. The van der Waals surface area contributed by atoms with Crippen LogP contribution in [0, 0.1) is 6.92 Å². The summed E-state index contributed by atoms with van der Waals surface area (Å²) in [6, 6.07) is 19.0. The summed E-state index contributed by atoms with van der Waals surface area (Å²) in [5.74, 6) is 0.738. The fraction of sp³-hybridized carbons (Fsp3) is 0.160. The predicted octanol–water partition coefficient (Wildman–Crippen LogP) is 5.50. The van der Waals surface area contributed by atoms with Crippen LogP contribution in [-0.2, 0) is 6.42 Å². The molecule has 0 fully saturated rings. The van der Waals surface area contributed by atoms with E-state index in [2.05, 4.69) is 34.7 Å². The number of aromatic nitrogens is 1. The van der Waals surface area contributed by atoms with Gasteiger partial charge in [-0.15, -0.1) is 0 Å². The molecule has 4 rings (SSSR count). The van der Waals surface area contributed by atoms with Crippen molar-refractivity contribution in [2.24, 2.45) is 0 Å². The number of aryl methyl sites for hydroxylation is 2. The second kappa shape index (κ2) is 9.20. The molecule has 3 aromatic carbocycles. The number of hydrogen-bond acceptors (Lipinski definition) is 5. The van der Waals surface area contributed by atoms with Crippen molar-refractivity contribution in [1.29, 1.82) is 0 Å². The number of para-hydroxylation sites is 1. The molecule has 0 spiro atoms. The van der Waals surface area contributed by atoms with Crippen molar-refractivity contribution in [2.75, 3.05) is 12.4 Å². The molecule has 0 saturated heterocycles. The molecule has 0 aliphatic heterocycles. The standard InChI is InChI=1S/C25H23N3O3S/c1-4-16-8-10-17(11-9-16)24-27-20-14-18(12-13-21(20)31-24)26-25(32)28-23(29)19-7-5-6-15(2)22(19)30-3/h5-14H,4H2,1-3H3,(H2,26,28,29,32). The number of amides is 1. The monoisotopic (exact) mass is 445 g/mol. The fourth-order valence-corrected chi connectivity index (χ4v) is 3.66. The lowest BCUT2D eigenvalue weighted by molar-refractivity contribution is 0.0974. The molecule has 7 heteroatoms. The molecular formula is C25H23N3O3S. The van der Waals surface area contributed by atoms with Gasteiger partial charge >= 0.3 is 0 Å². The summed E-state index contributed by atoms with van der Waals surface area (Å²) >= 11 is 5.33. The first kappa shape index (κ1) is 21.5. The van der Waals surface area contributed by atoms with Crippen molar-refractivity contribution in [3.05, 3.63) is 77.4 Å². The lowest BCUT2D eigenvalue weighted by Crippen LogP contribution is -2.34. The van der Waals surface area contributed by atoms with Crippen LogP contribution in [0.15, 0.2) is 65.1 Å². The Bertz CT molecular complexity index is 1300. The maximum absolute atomic E-state index is 12.6. The Morgan fingerprint density at radius 3 is 2.62 bits per heavy atom. The summed E-state index contributed by atoms with van der Waals surface area (Å²) in [7, 11) is 1.54. The zero-order valence-electron chi connectivity index (χ0n) is 18.1.